The van der Waals surface area contributed by atoms with Gasteiger partial charge in [-0.25, -0.2) is 4.79 Å². The van der Waals surface area contributed by atoms with Gasteiger partial charge >= 0.3 is 5.97 Å². The van der Waals surface area contributed by atoms with Gasteiger partial charge in [0.15, 0.2) is 5.60 Å². The standard InChI is InChI=1S/C9H14O3/c1-3-11-8(10)9(2)6-4-5-7-12-9/h4-5H,3,6-7H2,1-2H3. The Balaban J connectivity index is 2.58. The van der Waals surface area contributed by atoms with Crippen LogP contribution in [0.2, 0.25) is 0 Å². The van der Waals surface area contributed by atoms with Crippen LogP contribution >= 0.6 is 0 Å². The largest absolute Gasteiger partial charge is 0.464 e. The highest BCUT2D eigenvalue weighted by molar-refractivity contribution is 5.79. The number of esters is 1. The molecule has 0 saturated carbocycles. The lowest BCUT2D eigenvalue weighted by Gasteiger charge is -2.28. The maximum atomic E-state index is 11.3. The zero-order valence-electron chi connectivity index (χ0n) is 7.50. The van der Waals surface area contributed by atoms with Crippen molar-refractivity contribution in [1.82, 2.24) is 0 Å². The second-order valence-corrected chi connectivity index (χ2v) is 2.94. The van der Waals surface area contributed by atoms with Crippen molar-refractivity contribution >= 4 is 5.97 Å². The number of hydrogen-bond donors (Lipinski definition) is 0. The van der Waals surface area contributed by atoms with Gasteiger partial charge in [-0.1, -0.05) is 12.2 Å². The Kier molecular flexibility index (Phi) is 2.87. The van der Waals surface area contributed by atoms with Gasteiger partial charge in [0.25, 0.3) is 0 Å². The van der Waals surface area contributed by atoms with E-state index in [9.17, 15) is 4.79 Å². The molecule has 0 aliphatic carbocycles. The Bertz CT molecular complexity index is 198. The SMILES string of the molecule is CCOC(=O)C1(C)CC=CCO1. The molecule has 0 amide bonds. The molecular formula is C9H14O3. The van der Waals surface area contributed by atoms with Gasteiger partial charge < -0.3 is 9.47 Å². The van der Waals surface area contributed by atoms with Crippen LogP contribution in [-0.4, -0.2) is 24.8 Å². The molecule has 0 radical (unpaired) electrons. The molecule has 12 heavy (non-hydrogen) atoms. The van der Waals surface area contributed by atoms with E-state index in [4.69, 9.17) is 9.47 Å². The van der Waals surface area contributed by atoms with Crippen LogP contribution in [0.25, 0.3) is 0 Å². The molecule has 0 spiro atoms. The van der Waals surface area contributed by atoms with E-state index >= 15 is 0 Å². The smallest absolute Gasteiger partial charge is 0.338 e. The minimum absolute atomic E-state index is 0.269. The molecule has 1 rings (SSSR count). The quantitative estimate of drug-likeness (QED) is 0.462. The van der Waals surface area contributed by atoms with E-state index in [1.165, 1.54) is 0 Å². The summed E-state index contributed by atoms with van der Waals surface area (Å²) in [5.41, 5.74) is -0.759. The highest BCUT2D eigenvalue weighted by atomic mass is 16.6. The van der Waals surface area contributed by atoms with Crippen LogP contribution < -0.4 is 0 Å². The molecule has 1 atom stereocenters. The molecule has 0 aromatic carbocycles. The molecule has 3 heteroatoms. The van der Waals surface area contributed by atoms with Gasteiger partial charge in [0.1, 0.15) is 0 Å². The lowest BCUT2D eigenvalue weighted by atomic mass is 10.0. The topological polar surface area (TPSA) is 35.5 Å². The summed E-state index contributed by atoms with van der Waals surface area (Å²) < 4.78 is 10.2. The number of ether oxygens (including phenoxy) is 2. The van der Waals surface area contributed by atoms with Crippen LogP contribution in [0.1, 0.15) is 20.3 Å². The van der Waals surface area contributed by atoms with E-state index in [0.717, 1.165) is 0 Å². The Morgan fingerprint density at radius 2 is 2.42 bits per heavy atom. The highest BCUT2D eigenvalue weighted by Gasteiger charge is 2.35. The highest BCUT2D eigenvalue weighted by Crippen LogP contribution is 2.21. The number of carbonyl (C=O) groups excluding carboxylic acids is 1. The predicted molar refractivity (Wildman–Crippen MR) is 44.7 cm³/mol. The fraction of sp³-hybridized carbons (Fsp3) is 0.667. The predicted octanol–water partition coefficient (Wildman–Crippen LogP) is 1.28. The second kappa shape index (κ2) is 3.72. The average molecular weight is 170 g/mol. The molecule has 68 valence electrons. The molecule has 0 aromatic heterocycles. The zero-order valence-corrected chi connectivity index (χ0v) is 7.50. The van der Waals surface area contributed by atoms with Gasteiger partial charge in [-0.3, -0.25) is 0 Å². The molecule has 0 aromatic rings. The third-order valence-corrected chi connectivity index (χ3v) is 1.88. The third-order valence-electron chi connectivity index (χ3n) is 1.88. The van der Waals surface area contributed by atoms with Crippen LogP contribution in [0, 0.1) is 0 Å². The first-order valence-corrected chi connectivity index (χ1v) is 4.15. The molecule has 1 aliphatic heterocycles. The van der Waals surface area contributed by atoms with Crippen molar-refractivity contribution in [3.05, 3.63) is 12.2 Å². The Morgan fingerprint density at radius 1 is 1.67 bits per heavy atom. The fourth-order valence-electron chi connectivity index (χ4n) is 1.09. The van der Waals surface area contributed by atoms with E-state index in [0.29, 0.717) is 19.6 Å². The van der Waals surface area contributed by atoms with Crippen molar-refractivity contribution in [1.29, 1.82) is 0 Å². The Hall–Kier alpha value is -0.830. The number of rotatable bonds is 2. The van der Waals surface area contributed by atoms with Gasteiger partial charge in [-0.2, -0.15) is 0 Å². The van der Waals surface area contributed by atoms with Gasteiger partial charge in [-0.05, 0) is 13.8 Å². The van der Waals surface area contributed by atoms with Crippen LogP contribution in [0.15, 0.2) is 12.2 Å². The molecule has 0 fully saturated rings. The van der Waals surface area contributed by atoms with Crippen molar-refractivity contribution in [3.63, 3.8) is 0 Å². The first kappa shape index (κ1) is 9.26. The molecule has 1 unspecified atom stereocenters. The van der Waals surface area contributed by atoms with Crippen molar-refractivity contribution in [3.8, 4) is 0 Å². The van der Waals surface area contributed by atoms with E-state index in [-0.39, 0.29) is 5.97 Å². The summed E-state index contributed by atoms with van der Waals surface area (Å²) >= 11 is 0. The van der Waals surface area contributed by atoms with Crippen molar-refractivity contribution in [2.24, 2.45) is 0 Å². The lowest BCUT2D eigenvalue weighted by Crippen LogP contribution is -2.41. The van der Waals surface area contributed by atoms with Crippen molar-refractivity contribution in [2.45, 2.75) is 25.9 Å². The van der Waals surface area contributed by atoms with Crippen LogP contribution in [0.3, 0.4) is 0 Å². The summed E-state index contributed by atoms with van der Waals surface area (Å²) in [6, 6.07) is 0. The summed E-state index contributed by atoms with van der Waals surface area (Å²) in [7, 11) is 0. The third kappa shape index (κ3) is 1.85. The fourth-order valence-corrected chi connectivity index (χ4v) is 1.09. The molecule has 3 nitrogen and oxygen atoms in total. The first-order valence-electron chi connectivity index (χ1n) is 4.15. The summed E-state index contributed by atoms with van der Waals surface area (Å²) in [5.74, 6) is -0.269. The van der Waals surface area contributed by atoms with Gasteiger partial charge in [0.05, 0.1) is 13.2 Å². The molecule has 0 N–H and O–H groups in total. The van der Waals surface area contributed by atoms with E-state index in [2.05, 4.69) is 0 Å². The van der Waals surface area contributed by atoms with Crippen molar-refractivity contribution < 1.29 is 14.3 Å². The minimum atomic E-state index is -0.759. The minimum Gasteiger partial charge on any atom is -0.464 e. The number of hydrogen-bond acceptors (Lipinski definition) is 3. The summed E-state index contributed by atoms with van der Waals surface area (Å²) in [4.78, 5) is 11.3. The van der Waals surface area contributed by atoms with Crippen LogP contribution in [-0.2, 0) is 14.3 Å². The summed E-state index contributed by atoms with van der Waals surface area (Å²) in [6.45, 7) is 4.45. The monoisotopic (exact) mass is 170 g/mol. The van der Waals surface area contributed by atoms with Gasteiger partial charge in [0, 0.05) is 6.42 Å². The Labute approximate surface area is 72.4 Å². The average Bonchev–Trinajstić information content (AvgIpc) is 2.06. The molecular weight excluding hydrogens is 156 g/mol. The molecule has 0 saturated heterocycles. The van der Waals surface area contributed by atoms with Gasteiger partial charge in [-0.15, -0.1) is 0 Å². The van der Waals surface area contributed by atoms with E-state index in [1.807, 2.05) is 12.2 Å². The molecule has 0 bridgehead atoms. The second-order valence-electron chi connectivity index (χ2n) is 2.94. The van der Waals surface area contributed by atoms with Gasteiger partial charge in [0.2, 0.25) is 0 Å². The van der Waals surface area contributed by atoms with Crippen LogP contribution in [0.5, 0.6) is 0 Å². The summed E-state index contributed by atoms with van der Waals surface area (Å²) in [5, 5.41) is 0. The van der Waals surface area contributed by atoms with E-state index in [1.54, 1.807) is 13.8 Å². The Morgan fingerprint density at radius 3 is 2.92 bits per heavy atom. The first-order chi connectivity index (χ1) is 5.69. The van der Waals surface area contributed by atoms with E-state index < -0.39 is 5.60 Å². The molecule has 1 aliphatic rings. The zero-order chi connectivity index (χ0) is 9.03. The maximum Gasteiger partial charge on any atom is 0.338 e. The molecule has 1 heterocycles. The summed E-state index contributed by atoms with van der Waals surface area (Å²) in [6.07, 6.45) is 4.45. The number of carbonyl (C=O) groups is 1. The maximum absolute atomic E-state index is 11.3. The lowest BCUT2D eigenvalue weighted by molar-refractivity contribution is -0.169. The normalized spacial score (nSPS) is 28.5. The van der Waals surface area contributed by atoms with Crippen molar-refractivity contribution in [2.75, 3.05) is 13.2 Å². The van der Waals surface area contributed by atoms with Crippen LogP contribution in [0.4, 0.5) is 0 Å².